The van der Waals surface area contributed by atoms with Gasteiger partial charge in [-0.15, -0.1) is 0 Å². The van der Waals surface area contributed by atoms with Crippen molar-refractivity contribution >= 4 is 11.8 Å². The quantitative estimate of drug-likeness (QED) is 0.728. The standard InChI is InChI=1S/C23H39N3O2/c27-22(25-12-3-4-13-25)9-5-8-21-20-14-19(15-24-21)16-26(17-20)23(28)11-10-18-6-1-2-7-18/h18-21,24H,1-17H2/t19-,20+,21+/m0/s1. The van der Waals surface area contributed by atoms with Crippen LogP contribution in [0.2, 0.25) is 0 Å². The lowest BCUT2D eigenvalue weighted by Gasteiger charge is -2.46. The second-order valence-corrected chi connectivity index (χ2v) is 9.84. The molecule has 2 amide bonds. The summed E-state index contributed by atoms with van der Waals surface area (Å²) in [5.41, 5.74) is 0. The Morgan fingerprint density at radius 2 is 1.61 bits per heavy atom. The van der Waals surface area contributed by atoms with Gasteiger partial charge in [0.15, 0.2) is 0 Å². The van der Waals surface area contributed by atoms with E-state index in [1.54, 1.807) is 0 Å². The molecule has 5 heteroatoms. The summed E-state index contributed by atoms with van der Waals surface area (Å²) < 4.78 is 0. The zero-order valence-electron chi connectivity index (χ0n) is 17.5. The maximum atomic E-state index is 12.8. The van der Waals surface area contributed by atoms with Crippen LogP contribution in [0.15, 0.2) is 0 Å². The van der Waals surface area contributed by atoms with Crippen LogP contribution >= 0.6 is 0 Å². The molecule has 4 rings (SSSR count). The molecule has 2 bridgehead atoms. The lowest BCUT2D eigenvalue weighted by atomic mass is 9.79. The van der Waals surface area contributed by atoms with Gasteiger partial charge in [0, 0.05) is 45.1 Å². The highest BCUT2D eigenvalue weighted by molar-refractivity contribution is 5.76. The molecule has 4 fully saturated rings. The van der Waals surface area contributed by atoms with Gasteiger partial charge in [-0.3, -0.25) is 9.59 Å². The third-order valence-corrected chi connectivity index (χ3v) is 7.77. The summed E-state index contributed by atoms with van der Waals surface area (Å²) in [6.07, 6.45) is 13.6. The Morgan fingerprint density at radius 1 is 0.857 bits per heavy atom. The minimum Gasteiger partial charge on any atom is -0.343 e. The maximum Gasteiger partial charge on any atom is 0.222 e. The highest BCUT2D eigenvalue weighted by Crippen LogP contribution is 2.32. The van der Waals surface area contributed by atoms with Crippen LogP contribution in [0.5, 0.6) is 0 Å². The lowest BCUT2D eigenvalue weighted by molar-refractivity contribution is -0.135. The van der Waals surface area contributed by atoms with Crippen molar-refractivity contribution in [1.29, 1.82) is 0 Å². The summed E-state index contributed by atoms with van der Waals surface area (Å²) in [7, 11) is 0. The summed E-state index contributed by atoms with van der Waals surface area (Å²) in [6, 6.07) is 0.480. The molecule has 0 aromatic carbocycles. The molecule has 0 unspecified atom stereocenters. The number of nitrogens with zero attached hydrogens (tertiary/aromatic N) is 2. The van der Waals surface area contributed by atoms with Crippen molar-refractivity contribution in [2.45, 2.75) is 83.1 Å². The summed E-state index contributed by atoms with van der Waals surface area (Å²) in [6.45, 7) is 4.84. The number of amides is 2. The van der Waals surface area contributed by atoms with Gasteiger partial charge in [-0.2, -0.15) is 0 Å². The number of hydrogen-bond acceptors (Lipinski definition) is 3. The first kappa shape index (κ1) is 20.2. The first-order valence-corrected chi connectivity index (χ1v) is 12.0. The van der Waals surface area contributed by atoms with Gasteiger partial charge in [0.1, 0.15) is 0 Å². The zero-order chi connectivity index (χ0) is 19.3. The molecule has 1 N–H and O–H groups in total. The minimum atomic E-state index is 0.346. The molecule has 5 nitrogen and oxygen atoms in total. The van der Waals surface area contributed by atoms with Gasteiger partial charge >= 0.3 is 0 Å². The smallest absolute Gasteiger partial charge is 0.222 e. The minimum absolute atomic E-state index is 0.346. The topological polar surface area (TPSA) is 52.7 Å². The van der Waals surface area contributed by atoms with E-state index in [0.717, 1.165) is 64.3 Å². The van der Waals surface area contributed by atoms with E-state index >= 15 is 0 Å². The summed E-state index contributed by atoms with van der Waals surface area (Å²) in [4.78, 5) is 29.3. The zero-order valence-corrected chi connectivity index (χ0v) is 17.5. The highest BCUT2D eigenvalue weighted by atomic mass is 16.2. The van der Waals surface area contributed by atoms with Crippen LogP contribution in [0, 0.1) is 17.8 Å². The largest absolute Gasteiger partial charge is 0.343 e. The van der Waals surface area contributed by atoms with Gasteiger partial charge in [-0.1, -0.05) is 25.7 Å². The Labute approximate surface area is 170 Å². The predicted octanol–water partition coefficient (Wildman–Crippen LogP) is 3.19. The molecule has 4 aliphatic rings. The van der Waals surface area contributed by atoms with Crippen LogP contribution < -0.4 is 5.32 Å². The van der Waals surface area contributed by atoms with Crippen LogP contribution in [0.4, 0.5) is 0 Å². The van der Waals surface area contributed by atoms with Crippen molar-refractivity contribution in [1.82, 2.24) is 15.1 Å². The highest BCUT2D eigenvalue weighted by Gasteiger charge is 2.37. The first-order valence-electron chi connectivity index (χ1n) is 12.0. The number of carbonyl (C=O) groups excluding carboxylic acids is 2. The Bertz CT molecular complexity index is 540. The molecular formula is C23H39N3O2. The molecule has 3 saturated heterocycles. The van der Waals surface area contributed by atoms with Gasteiger partial charge in [0.05, 0.1) is 0 Å². The van der Waals surface area contributed by atoms with E-state index in [9.17, 15) is 9.59 Å². The molecule has 28 heavy (non-hydrogen) atoms. The van der Waals surface area contributed by atoms with Crippen molar-refractivity contribution in [3.8, 4) is 0 Å². The fourth-order valence-corrected chi connectivity index (χ4v) is 6.09. The van der Waals surface area contributed by atoms with Crippen LogP contribution in [0.3, 0.4) is 0 Å². The third-order valence-electron chi connectivity index (χ3n) is 7.77. The first-order chi connectivity index (χ1) is 13.7. The van der Waals surface area contributed by atoms with Crippen molar-refractivity contribution in [3.05, 3.63) is 0 Å². The van der Waals surface area contributed by atoms with Crippen molar-refractivity contribution in [3.63, 3.8) is 0 Å². The van der Waals surface area contributed by atoms with Gasteiger partial charge in [-0.25, -0.2) is 0 Å². The SMILES string of the molecule is O=C(CCC[C@H]1NC[C@@H]2C[C@@H]1CN(C(=O)CCC1CCCC1)C2)N1CCCC1. The molecule has 0 aromatic heterocycles. The van der Waals surface area contributed by atoms with E-state index in [0.29, 0.717) is 36.1 Å². The molecule has 1 saturated carbocycles. The van der Waals surface area contributed by atoms with E-state index in [2.05, 4.69) is 10.2 Å². The predicted molar refractivity (Wildman–Crippen MR) is 111 cm³/mol. The van der Waals surface area contributed by atoms with E-state index < -0.39 is 0 Å². The molecule has 3 aliphatic heterocycles. The average Bonchev–Trinajstić information content (AvgIpc) is 3.41. The molecule has 0 spiro atoms. The summed E-state index contributed by atoms with van der Waals surface area (Å²) >= 11 is 0. The maximum absolute atomic E-state index is 12.8. The van der Waals surface area contributed by atoms with Crippen LogP contribution in [0.25, 0.3) is 0 Å². The van der Waals surface area contributed by atoms with Gasteiger partial charge in [0.25, 0.3) is 0 Å². The summed E-state index contributed by atoms with van der Waals surface area (Å²) in [5, 5.41) is 3.74. The van der Waals surface area contributed by atoms with Crippen LogP contribution in [-0.4, -0.2) is 60.4 Å². The number of nitrogens with one attached hydrogen (secondary N) is 1. The number of rotatable bonds is 7. The number of piperidine rings is 2. The fourth-order valence-electron chi connectivity index (χ4n) is 6.09. The Morgan fingerprint density at radius 3 is 2.39 bits per heavy atom. The monoisotopic (exact) mass is 389 g/mol. The van der Waals surface area contributed by atoms with Gasteiger partial charge in [0.2, 0.25) is 11.8 Å². The number of likely N-dealkylation sites (tertiary alicyclic amines) is 2. The van der Waals surface area contributed by atoms with E-state index in [-0.39, 0.29) is 0 Å². The van der Waals surface area contributed by atoms with Crippen molar-refractivity contribution in [2.24, 2.45) is 17.8 Å². The summed E-state index contributed by atoms with van der Waals surface area (Å²) in [5.74, 6) is 2.74. The fraction of sp³-hybridized carbons (Fsp3) is 0.913. The molecule has 0 radical (unpaired) electrons. The van der Waals surface area contributed by atoms with E-state index in [4.69, 9.17) is 0 Å². The molecule has 1 aliphatic carbocycles. The second-order valence-electron chi connectivity index (χ2n) is 9.84. The molecule has 0 aromatic rings. The van der Waals surface area contributed by atoms with E-state index in [1.807, 2.05) is 4.90 Å². The van der Waals surface area contributed by atoms with Crippen molar-refractivity contribution in [2.75, 3.05) is 32.7 Å². The average molecular weight is 390 g/mol. The molecule has 158 valence electrons. The Balaban J connectivity index is 1.20. The lowest BCUT2D eigenvalue weighted by Crippen LogP contribution is -2.57. The molecule has 3 heterocycles. The van der Waals surface area contributed by atoms with Crippen LogP contribution in [0.1, 0.15) is 77.0 Å². The Hall–Kier alpha value is -1.10. The normalized spacial score (nSPS) is 30.8. The molecule has 3 atom stereocenters. The second kappa shape index (κ2) is 9.60. The molecular weight excluding hydrogens is 350 g/mol. The number of carbonyl (C=O) groups is 2. The van der Waals surface area contributed by atoms with Crippen molar-refractivity contribution < 1.29 is 9.59 Å². The third kappa shape index (κ3) is 5.08. The van der Waals surface area contributed by atoms with Gasteiger partial charge < -0.3 is 15.1 Å². The Kier molecular flexibility index (Phi) is 6.92. The van der Waals surface area contributed by atoms with Crippen LogP contribution in [-0.2, 0) is 9.59 Å². The van der Waals surface area contributed by atoms with E-state index in [1.165, 1.54) is 44.9 Å². The number of fused-ring (bicyclic) bond motifs is 2. The van der Waals surface area contributed by atoms with Gasteiger partial charge in [-0.05, 0) is 62.8 Å². The number of hydrogen-bond donors (Lipinski definition) is 1.